The number of fused-ring (bicyclic) bond motifs is 1. The summed E-state index contributed by atoms with van der Waals surface area (Å²) in [5.41, 5.74) is 2.30. The molecule has 4 heterocycles. The first-order chi connectivity index (χ1) is 17.9. The number of hydrogen-bond acceptors (Lipinski definition) is 8. The van der Waals surface area contributed by atoms with Crippen molar-refractivity contribution < 1.29 is 14.3 Å². The highest BCUT2D eigenvalue weighted by atomic mass is 16.5. The lowest BCUT2D eigenvalue weighted by molar-refractivity contribution is -0.120. The molecule has 1 spiro atoms. The number of likely N-dealkylation sites (tertiary alicyclic amines) is 1. The van der Waals surface area contributed by atoms with Crippen LogP contribution in [0, 0.1) is 5.41 Å². The van der Waals surface area contributed by atoms with Crippen molar-refractivity contribution in [1.82, 2.24) is 20.2 Å². The van der Waals surface area contributed by atoms with E-state index in [4.69, 9.17) is 9.72 Å². The van der Waals surface area contributed by atoms with Crippen LogP contribution in [0.25, 0.3) is 0 Å². The Morgan fingerprint density at radius 2 is 2.00 bits per heavy atom. The van der Waals surface area contributed by atoms with E-state index in [0.29, 0.717) is 29.0 Å². The molecule has 37 heavy (non-hydrogen) atoms. The summed E-state index contributed by atoms with van der Waals surface area (Å²) in [4.78, 5) is 41.4. The lowest BCUT2D eigenvalue weighted by atomic mass is 9.74. The molecule has 0 bridgehead atoms. The molecule has 0 unspecified atom stereocenters. The van der Waals surface area contributed by atoms with Crippen molar-refractivity contribution in [3.63, 3.8) is 0 Å². The van der Waals surface area contributed by atoms with Crippen molar-refractivity contribution in [3.05, 3.63) is 30.0 Å². The highest BCUT2D eigenvalue weighted by Crippen LogP contribution is 2.41. The number of hydrogen-bond donors (Lipinski definition) is 2. The predicted octanol–water partition coefficient (Wildman–Crippen LogP) is 2.78. The minimum absolute atomic E-state index is 0.0259. The zero-order valence-electron chi connectivity index (χ0n) is 21.8. The molecule has 6 rings (SSSR count). The van der Waals surface area contributed by atoms with Crippen molar-refractivity contribution in [3.8, 4) is 5.75 Å². The van der Waals surface area contributed by atoms with Gasteiger partial charge in [-0.2, -0.15) is 4.98 Å². The van der Waals surface area contributed by atoms with Gasteiger partial charge in [-0.1, -0.05) is 19.8 Å². The van der Waals surface area contributed by atoms with Gasteiger partial charge >= 0.3 is 0 Å². The van der Waals surface area contributed by atoms with Gasteiger partial charge in [-0.25, -0.2) is 4.98 Å². The molecular formula is C27H35N7O3. The van der Waals surface area contributed by atoms with Gasteiger partial charge in [-0.05, 0) is 37.5 Å². The topological polar surface area (TPSA) is 103 Å². The van der Waals surface area contributed by atoms with E-state index in [1.54, 1.807) is 31.3 Å². The van der Waals surface area contributed by atoms with E-state index in [9.17, 15) is 9.59 Å². The number of likely N-dealkylation sites (N-methyl/N-ethyl adjacent to an activating group) is 1. The first-order valence-corrected chi connectivity index (χ1v) is 13.3. The maximum atomic E-state index is 13.1. The van der Waals surface area contributed by atoms with Crippen molar-refractivity contribution >= 4 is 35.0 Å². The standard InChI is InChI=1S/C27H35N7O3/c1-4-20-25(36)32(2)21-12-29-26(31-23(21)34(20)18-7-5-6-8-18)30-19-10-9-17(11-22(19)37-3)24(35)33-15-27(16-33)13-28-14-27/h9-12,18,20,28H,4-8,13-16H2,1-3H3,(H,29,30,31)/t20-/m1/s1. The van der Waals surface area contributed by atoms with Crippen LogP contribution in [0.4, 0.5) is 23.1 Å². The number of carbonyl (C=O) groups is 2. The second-order valence-electron chi connectivity index (χ2n) is 10.9. The van der Waals surface area contributed by atoms with Crippen LogP contribution in [0.15, 0.2) is 24.4 Å². The molecule has 1 aromatic carbocycles. The molecule has 1 atom stereocenters. The fourth-order valence-electron chi connectivity index (χ4n) is 6.28. The Bertz CT molecular complexity index is 1220. The van der Waals surface area contributed by atoms with Gasteiger partial charge in [0.05, 0.1) is 19.0 Å². The summed E-state index contributed by atoms with van der Waals surface area (Å²) in [5.74, 6) is 1.90. The van der Waals surface area contributed by atoms with Crippen LogP contribution >= 0.6 is 0 Å². The molecule has 3 fully saturated rings. The largest absolute Gasteiger partial charge is 0.495 e. The summed E-state index contributed by atoms with van der Waals surface area (Å²) in [6.07, 6.45) is 6.92. The van der Waals surface area contributed by atoms with Crippen LogP contribution in [0.5, 0.6) is 5.75 Å². The monoisotopic (exact) mass is 505 g/mol. The summed E-state index contributed by atoms with van der Waals surface area (Å²) in [6, 6.07) is 5.52. The molecule has 196 valence electrons. The molecule has 2 amide bonds. The van der Waals surface area contributed by atoms with E-state index >= 15 is 0 Å². The maximum Gasteiger partial charge on any atom is 0.254 e. The number of amides is 2. The third kappa shape index (κ3) is 3.98. The van der Waals surface area contributed by atoms with Crippen LogP contribution in [-0.4, -0.2) is 79.1 Å². The lowest BCUT2D eigenvalue weighted by Gasteiger charge is -2.56. The van der Waals surface area contributed by atoms with Gasteiger partial charge < -0.3 is 30.1 Å². The molecule has 1 saturated carbocycles. The minimum atomic E-state index is -0.223. The van der Waals surface area contributed by atoms with Crippen LogP contribution in [0.1, 0.15) is 49.4 Å². The number of ether oxygens (including phenoxy) is 1. The van der Waals surface area contributed by atoms with Crippen molar-refractivity contribution in [2.24, 2.45) is 5.41 Å². The van der Waals surface area contributed by atoms with Gasteiger partial charge in [0.2, 0.25) is 11.9 Å². The third-order valence-electron chi connectivity index (χ3n) is 8.45. The highest BCUT2D eigenvalue weighted by molar-refractivity contribution is 6.04. The van der Waals surface area contributed by atoms with Crippen LogP contribution in [0.2, 0.25) is 0 Å². The first kappa shape index (κ1) is 24.0. The highest BCUT2D eigenvalue weighted by Gasteiger charge is 2.49. The Balaban J connectivity index is 1.26. The lowest BCUT2D eigenvalue weighted by Crippen LogP contribution is -2.71. The van der Waals surface area contributed by atoms with E-state index < -0.39 is 0 Å². The molecule has 1 aliphatic carbocycles. The van der Waals surface area contributed by atoms with E-state index in [-0.39, 0.29) is 23.3 Å². The Hall–Kier alpha value is -3.40. The number of rotatable bonds is 6. The van der Waals surface area contributed by atoms with Crippen LogP contribution < -0.4 is 25.2 Å². The van der Waals surface area contributed by atoms with Crippen LogP contribution in [-0.2, 0) is 4.79 Å². The summed E-state index contributed by atoms with van der Waals surface area (Å²) in [5, 5.41) is 6.59. The van der Waals surface area contributed by atoms with Gasteiger partial charge in [0.25, 0.3) is 5.91 Å². The van der Waals surface area contributed by atoms with Crippen LogP contribution in [0.3, 0.4) is 0 Å². The predicted molar refractivity (Wildman–Crippen MR) is 142 cm³/mol. The molecule has 2 saturated heterocycles. The van der Waals surface area contributed by atoms with Crippen molar-refractivity contribution in [2.45, 2.75) is 51.1 Å². The second kappa shape index (κ2) is 9.16. The fourth-order valence-corrected chi connectivity index (χ4v) is 6.28. The molecule has 4 aliphatic rings. The van der Waals surface area contributed by atoms with E-state index in [2.05, 4.69) is 27.4 Å². The zero-order chi connectivity index (χ0) is 25.7. The van der Waals surface area contributed by atoms with E-state index in [0.717, 1.165) is 56.9 Å². The van der Waals surface area contributed by atoms with Gasteiger partial charge in [0.15, 0.2) is 5.82 Å². The molecule has 2 aromatic rings. The molecular weight excluding hydrogens is 470 g/mol. The van der Waals surface area contributed by atoms with Gasteiger partial charge in [-0.15, -0.1) is 0 Å². The zero-order valence-corrected chi connectivity index (χ0v) is 21.8. The smallest absolute Gasteiger partial charge is 0.254 e. The first-order valence-electron chi connectivity index (χ1n) is 13.3. The summed E-state index contributed by atoms with van der Waals surface area (Å²) in [7, 11) is 3.39. The molecule has 0 radical (unpaired) electrons. The molecule has 3 aliphatic heterocycles. The number of aromatic nitrogens is 2. The summed E-state index contributed by atoms with van der Waals surface area (Å²) < 4.78 is 5.63. The molecule has 10 heteroatoms. The van der Waals surface area contributed by atoms with Gasteiger partial charge in [0, 0.05) is 50.2 Å². The Morgan fingerprint density at radius 3 is 2.65 bits per heavy atom. The third-order valence-corrected chi connectivity index (χ3v) is 8.45. The van der Waals surface area contributed by atoms with Gasteiger partial charge in [-0.3, -0.25) is 9.59 Å². The van der Waals surface area contributed by atoms with E-state index in [1.165, 1.54) is 12.8 Å². The minimum Gasteiger partial charge on any atom is -0.495 e. The van der Waals surface area contributed by atoms with Crippen molar-refractivity contribution in [2.75, 3.05) is 55.5 Å². The number of nitrogens with one attached hydrogen (secondary N) is 2. The number of methoxy groups -OCH3 is 1. The maximum absolute atomic E-state index is 13.1. The molecule has 2 N–H and O–H groups in total. The Kier molecular flexibility index (Phi) is 5.94. The number of nitrogens with zero attached hydrogens (tertiary/aromatic N) is 5. The average Bonchev–Trinajstić information content (AvgIpc) is 3.39. The number of benzene rings is 1. The fraction of sp³-hybridized carbons (Fsp3) is 0.556. The molecule has 1 aromatic heterocycles. The van der Waals surface area contributed by atoms with Crippen molar-refractivity contribution in [1.29, 1.82) is 0 Å². The summed E-state index contributed by atoms with van der Waals surface area (Å²) in [6.45, 7) is 5.64. The van der Waals surface area contributed by atoms with E-state index in [1.807, 2.05) is 17.0 Å². The van der Waals surface area contributed by atoms with Gasteiger partial charge in [0.1, 0.15) is 17.5 Å². The Morgan fingerprint density at radius 1 is 1.24 bits per heavy atom. The molecule has 10 nitrogen and oxygen atoms in total. The SMILES string of the molecule is CC[C@@H]1C(=O)N(C)c2cnc(Nc3ccc(C(=O)N4CC5(CNC5)C4)cc3OC)nc2N1C1CCCC1. The quantitative estimate of drug-likeness (QED) is 0.618. The summed E-state index contributed by atoms with van der Waals surface area (Å²) >= 11 is 0. The second-order valence-corrected chi connectivity index (χ2v) is 10.9. The normalized spacial score (nSPS) is 22.5. The Labute approximate surface area is 217 Å². The average molecular weight is 506 g/mol. The number of carbonyl (C=O) groups excluding carboxylic acids is 2. The number of anilines is 4.